The van der Waals surface area contributed by atoms with Gasteiger partial charge in [0.15, 0.2) is 0 Å². The Hall–Kier alpha value is -1.99. The first-order chi connectivity index (χ1) is 12.8. The Bertz CT molecular complexity index is 704. The van der Waals surface area contributed by atoms with Crippen LogP contribution in [0.1, 0.15) is 24.4 Å². The van der Waals surface area contributed by atoms with Crippen molar-refractivity contribution in [1.82, 2.24) is 24.4 Å². The molecule has 7 nitrogen and oxygen atoms in total. The number of aromatic nitrogens is 4. The van der Waals surface area contributed by atoms with Crippen LogP contribution in [-0.4, -0.2) is 63.8 Å². The van der Waals surface area contributed by atoms with Gasteiger partial charge < -0.3 is 14.2 Å². The highest BCUT2D eigenvalue weighted by molar-refractivity contribution is 5.30. The summed E-state index contributed by atoms with van der Waals surface area (Å²) in [4.78, 5) is 18.3. The van der Waals surface area contributed by atoms with Gasteiger partial charge in [0, 0.05) is 44.8 Å². The van der Waals surface area contributed by atoms with Crippen LogP contribution >= 0.6 is 0 Å². The normalized spacial score (nSPS) is 19.8. The van der Waals surface area contributed by atoms with Crippen molar-refractivity contribution in [3.05, 3.63) is 36.2 Å². The van der Waals surface area contributed by atoms with Crippen LogP contribution < -0.4 is 4.90 Å². The SMILES string of the molecule is Cc1nccn1CC1CCN(Cc2ccnc(N3CCOCC3)n2)CC1. The summed E-state index contributed by atoms with van der Waals surface area (Å²) in [5.41, 5.74) is 1.12. The van der Waals surface area contributed by atoms with Crippen LogP contribution in [0.25, 0.3) is 0 Å². The van der Waals surface area contributed by atoms with Crippen LogP contribution in [0, 0.1) is 12.8 Å². The molecule has 2 aliphatic heterocycles. The first-order valence-electron chi connectivity index (χ1n) is 9.62. The molecule has 0 N–H and O–H groups in total. The summed E-state index contributed by atoms with van der Waals surface area (Å²) in [5, 5.41) is 0. The number of hydrogen-bond donors (Lipinski definition) is 0. The van der Waals surface area contributed by atoms with Gasteiger partial charge in [-0.2, -0.15) is 0 Å². The molecule has 2 fully saturated rings. The molecular formula is C19H28N6O. The first kappa shape index (κ1) is 17.4. The second-order valence-electron chi connectivity index (χ2n) is 7.29. The van der Waals surface area contributed by atoms with Gasteiger partial charge in [0.05, 0.1) is 18.9 Å². The van der Waals surface area contributed by atoms with Crippen molar-refractivity contribution < 1.29 is 4.74 Å². The Morgan fingerprint density at radius 3 is 2.62 bits per heavy atom. The second kappa shape index (κ2) is 8.14. The van der Waals surface area contributed by atoms with E-state index >= 15 is 0 Å². The Kier molecular flexibility index (Phi) is 5.45. The van der Waals surface area contributed by atoms with Gasteiger partial charge >= 0.3 is 0 Å². The van der Waals surface area contributed by atoms with Gasteiger partial charge in [-0.15, -0.1) is 0 Å². The van der Waals surface area contributed by atoms with E-state index in [1.807, 2.05) is 18.5 Å². The van der Waals surface area contributed by atoms with E-state index in [-0.39, 0.29) is 0 Å². The standard InChI is InChI=1S/C19H28N6O/c1-16-20-6-9-25(16)14-17-3-7-23(8-4-17)15-18-2-5-21-19(22-18)24-10-12-26-13-11-24/h2,5-6,9,17H,3-4,7-8,10-15H2,1H3. The molecule has 7 heteroatoms. The summed E-state index contributed by atoms with van der Waals surface area (Å²) in [6.07, 6.45) is 8.35. The summed E-state index contributed by atoms with van der Waals surface area (Å²) in [6.45, 7) is 9.63. The molecule has 140 valence electrons. The molecule has 2 aliphatic rings. The summed E-state index contributed by atoms with van der Waals surface area (Å²) < 4.78 is 7.69. The molecule has 0 radical (unpaired) electrons. The van der Waals surface area contributed by atoms with Crippen LogP contribution in [0.15, 0.2) is 24.7 Å². The summed E-state index contributed by atoms with van der Waals surface area (Å²) in [5.74, 6) is 2.70. The molecule has 0 bridgehead atoms. The topological polar surface area (TPSA) is 59.3 Å². The minimum Gasteiger partial charge on any atom is -0.378 e. The zero-order valence-electron chi connectivity index (χ0n) is 15.5. The third kappa shape index (κ3) is 4.22. The lowest BCUT2D eigenvalue weighted by atomic mass is 9.96. The molecule has 2 aromatic rings. The number of nitrogens with zero attached hydrogens (tertiary/aromatic N) is 6. The smallest absolute Gasteiger partial charge is 0.225 e. The average Bonchev–Trinajstić information content (AvgIpc) is 3.09. The number of aryl methyl sites for hydroxylation is 1. The summed E-state index contributed by atoms with van der Waals surface area (Å²) in [7, 11) is 0. The highest BCUT2D eigenvalue weighted by atomic mass is 16.5. The maximum absolute atomic E-state index is 5.42. The maximum atomic E-state index is 5.42. The van der Waals surface area contributed by atoms with E-state index < -0.39 is 0 Å². The Labute approximate surface area is 155 Å². The Morgan fingerprint density at radius 2 is 1.88 bits per heavy atom. The molecule has 26 heavy (non-hydrogen) atoms. The van der Waals surface area contributed by atoms with Crippen LogP contribution in [0.3, 0.4) is 0 Å². The lowest BCUT2D eigenvalue weighted by molar-refractivity contribution is 0.122. The predicted octanol–water partition coefficient (Wildman–Crippen LogP) is 1.73. The first-order valence-corrected chi connectivity index (χ1v) is 9.62. The molecule has 0 spiro atoms. The maximum Gasteiger partial charge on any atom is 0.225 e. The number of piperidine rings is 1. The van der Waals surface area contributed by atoms with Crippen molar-refractivity contribution in [3.63, 3.8) is 0 Å². The van der Waals surface area contributed by atoms with Crippen LogP contribution in [0.2, 0.25) is 0 Å². The highest BCUT2D eigenvalue weighted by Gasteiger charge is 2.21. The number of hydrogen-bond acceptors (Lipinski definition) is 6. The van der Waals surface area contributed by atoms with Gasteiger partial charge in [0.25, 0.3) is 0 Å². The van der Waals surface area contributed by atoms with Gasteiger partial charge in [-0.25, -0.2) is 15.0 Å². The van der Waals surface area contributed by atoms with Crippen molar-refractivity contribution in [3.8, 4) is 0 Å². The summed E-state index contributed by atoms with van der Waals surface area (Å²) >= 11 is 0. The van der Waals surface area contributed by atoms with Gasteiger partial charge in [-0.3, -0.25) is 4.90 Å². The van der Waals surface area contributed by atoms with E-state index in [1.165, 1.54) is 12.8 Å². The monoisotopic (exact) mass is 356 g/mol. The van der Waals surface area contributed by atoms with Crippen molar-refractivity contribution in [2.24, 2.45) is 5.92 Å². The van der Waals surface area contributed by atoms with Crippen LogP contribution in [-0.2, 0) is 17.8 Å². The van der Waals surface area contributed by atoms with Crippen molar-refractivity contribution in [2.75, 3.05) is 44.3 Å². The van der Waals surface area contributed by atoms with E-state index in [9.17, 15) is 0 Å². The third-order valence-electron chi connectivity index (χ3n) is 5.47. The van der Waals surface area contributed by atoms with E-state index in [1.54, 1.807) is 0 Å². The Morgan fingerprint density at radius 1 is 1.08 bits per heavy atom. The number of likely N-dealkylation sites (tertiary alicyclic amines) is 1. The molecule has 4 rings (SSSR count). The third-order valence-corrected chi connectivity index (χ3v) is 5.47. The van der Waals surface area contributed by atoms with Gasteiger partial charge in [0.1, 0.15) is 5.82 Å². The van der Waals surface area contributed by atoms with Crippen LogP contribution in [0.4, 0.5) is 5.95 Å². The van der Waals surface area contributed by atoms with Gasteiger partial charge in [-0.1, -0.05) is 0 Å². The lowest BCUT2D eigenvalue weighted by Gasteiger charge is -2.32. The average molecular weight is 356 g/mol. The second-order valence-corrected chi connectivity index (χ2v) is 7.29. The number of morpholine rings is 1. The number of rotatable bonds is 5. The molecule has 0 saturated carbocycles. The molecule has 0 atom stereocenters. The number of ether oxygens (including phenoxy) is 1. The molecule has 0 aromatic carbocycles. The summed E-state index contributed by atoms with van der Waals surface area (Å²) in [6, 6.07) is 2.05. The van der Waals surface area contributed by atoms with E-state index in [0.717, 1.165) is 75.9 Å². The molecule has 0 amide bonds. The number of imidazole rings is 1. The van der Waals surface area contributed by atoms with Crippen molar-refractivity contribution in [1.29, 1.82) is 0 Å². The Balaban J connectivity index is 1.29. The van der Waals surface area contributed by atoms with E-state index in [4.69, 9.17) is 9.72 Å². The molecule has 2 saturated heterocycles. The fourth-order valence-corrected chi connectivity index (χ4v) is 3.82. The zero-order valence-corrected chi connectivity index (χ0v) is 15.5. The fraction of sp³-hybridized carbons (Fsp3) is 0.632. The van der Waals surface area contributed by atoms with E-state index in [0.29, 0.717) is 0 Å². The van der Waals surface area contributed by atoms with Gasteiger partial charge in [0.2, 0.25) is 5.95 Å². The quantitative estimate of drug-likeness (QED) is 0.813. The van der Waals surface area contributed by atoms with Crippen molar-refractivity contribution in [2.45, 2.75) is 32.9 Å². The zero-order chi connectivity index (χ0) is 17.8. The van der Waals surface area contributed by atoms with Crippen LogP contribution in [0.5, 0.6) is 0 Å². The largest absolute Gasteiger partial charge is 0.378 e. The predicted molar refractivity (Wildman–Crippen MR) is 100 cm³/mol. The molecule has 0 aliphatic carbocycles. The molecular weight excluding hydrogens is 328 g/mol. The number of anilines is 1. The lowest BCUT2D eigenvalue weighted by Crippen LogP contribution is -2.38. The molecule has 2 aromatic heterocycles. The molecule has 4 heterocycles. The minimum absolute atomic E-state index is 0.744. The molecule has 0 unspecified atom stereocenters. The van der Waals surface area contributed by atoms with Crippen molar-refractivity contribution >= 4 is 5.95 Å². The van der Waals surface area contributed by atoms with Gasteiger partial charge in [-0.05, 0) is 44.8 Å². The highest BCUT2D eigenvalue weighted by Crippen LogP contribution is 2.21. The minimum atomic E-state index is 0.744. The fourth-order valence-electron chi connectivity index (χ4n) is 3.82. The van der Waals surface area contributed by atoms with E-state index in [2.05, 4.69) is 37.5 Å².